The van der Waals surface area contributed by atoms with Gasteiger partial charge in [-0.15, -0.1) is 0 Å². The Morgan fingerprint density at radius 3 is 2.62 bits per heavy atom. The molecule has 0 saturated carbocycles. The second kappa shape index (κ2) is 4.57. The zero-order valence-corrected chi connectivity index (χ0v) is 8.88. The van der Waals surface area contributed by atoms with E-state index < -0.39 is 5.97 Å². The molecule has 80 valence electrons. The van der Waals surface area contributed by atoms with E-state index in [4.69, 9.17) is 4.74 Å². The largest absolute Gasteiger partial charge is 0.407 e. The minimum absolute atomic E-state index is 0.338. The lowest BCUT2D eigenvalue weighted by molar-refractivity contribution is -0.130. The molecule has 1 heterocycles. The first-order chi connectivity index (χ1) is 7.75. The van der Waals surface area contributed by atoms with E-state index >= 15 is 0 Å². The second-order valence-electron chi connectivity index (χ2n) is 3.34. The minimum atomic E-state index is -0.393. The lowest BCUT2D eigenvalue weighted by Crippen LogP contribution is -1.99. The maximum absolute atomic E-state index is 11.2. The Morgan fingerprint density at radius 2 is 2.00 bits per heavy atom. The van der Waals surface area contributed by atoms with Gasteiger partial charge < -0.3 is 4.74 Å². The van der Waals surface area contributed by atoms with Crippen molar-refractivity contribution in [1.29, 1.82) is 0 Å². The van der Waals surface area contributed by atoms with Crippen molar-refractivity contribution >= 4 is 17.9 Å². The van der Waals surface area contributed by atoms with E-state index in [1.54, 1.807) is 19.1 Å². The van der Waals surface area contributed by atoms with Crippen molar-refractivity contribution in [3.63, 3.8) is 0 Å². The highest BCUT2D eigenvalue weighted by Crippen LogP contribution is 2.10. The molecule has 0 aliphatic carbocycles. The van der Waals surface area contributed by atoms with Gasteiger partial charge in [-0.25, -0.2) is 9.79 Å². The van der Waals surface area contributed by atoms with Gasteiger partial charge in [0.05, 0.1) is 0 Å². The third kappa shape index (κ3) is 2.45. The van der Waals surface area contributed by atoms with Gasteiger partial charge in [0, 0.05) is 6.92 Å². The van der Waals surface area contributed by atoms with Crippen LogP contribution in [-0.4, -0.2) is 11.9 Å². The van der Waals surface area contributed by atoms with Gasteiger partial charge >= 0.3 is 5.97 Å². The van der Waals surface area contributed by atoms with Gasteiger partial charge in [0.1, 0.15) is 0 Å². The van der Waals surface area contributed by atoms with Gasteiger partial charge in [0.25, 0.3) is 0 Å². The van der Waals surface area contributed by atoms with Crippen LogP contribution in [0.25, 0.3) is 6.08 Å². The Bertz CT molecular complexity index is 484. The fourth-order valence-corrected chi connectivity index (χ4v) is 1.34. The number of cyclic esters (lactones) is 1. The standard InChI is InChI=1S/C13H11NO2/c1-10-14-12(13(15)16-10)9-5-8-11-6-3-2-4-7-11/h2-9H,1H3/b8-5+,12-9+. The van der Waals surface area contributed by atoms with Crippen molar-refractivity contribution in [3.8, 4) is 0 Å². The summed E-state index contributed by atoms with van der Waals surface area (Å²) in [7, 11) is 0. The Balaban J connectivity index is 2.10. The molecule has 1 aliphatic rings. The predicted octanol–water partition coefficient (Wildman–Crippen LogP) is 2.56. The lowest BCUT2D eigenvalue weighted by Gasteiger charge is -1.89. The molecule has 2 rings (SSSR count). The maximum atomic E-state index is 11.2. The number of allylic oxidation sites excluding steroid dienone is 2. The molecule has 0 aromatic heterocycles. The first-order valence-electron chi connectivity index (χ1n) is 4.96. The molecular formula is C13H11NO2. The normalized spacial score (nSPS) is 17.9. The molecule has 0 spiro atoms. The molecule has 16 heavy (non-hydrogen) atoms. The Labute approximate surface area is 93.8 Å². The summed E-state index contributed by atoms with van der Waals surface area (Å²) in [6, 6.07) is 9.84. The molecule has 0 fully saturated rings. The van der Waals surface area contributed by atoms with Crippen molar-refractivity contribution in [1.82, 2.24) is 0 Å². The van der Waals surface area contributed by atoms with E-state index in [0.29, 0.717) is 11.6 Å². The van der Waals surface area contributed by atoms with Crippen molar-refractivity contribution < 1.29 is 9.53 Å². The Hall–Kier alpha value is -2.16. The van der Waals surface area contributed by atoms with Crippen LogP contribution in [0.15, 0.2) is 53.2 Å². The summed E-state index contributed by atoms with van der Waals surface area (Å²) >= 11 is 0. The van der Waals surface area contributed by atoms with E-state index in [1.165, 1.54) is 0 Å². The zero-order chi connectivity index (χ0) is 11.4. The van der Waals surface area contributed by atoms with E-state index in [0.717, 1.165) is 5.56 Å². The molecule has 0 unspecified atom stereocenters. The van der Waals surface area contributed by atoms with E-state index in [2.05, 4.69) is 4.99 Å². The molecule has 0 atom stereocenters. The second-order valence-corrected chi connectivity index (χ2v) is 3.34. The van der Waals surface area contributed by atoms with Crippen molar-refractivity contribution in [2.24, 2.45) is 4.99 Å². The maximum Gasteiger partial charge on any atom is 0.363 e. The van der Waals surface area contributed by atoms with Gasteiger partial charge in [0.2, 0.25) is 0 Å². The Kier molecular flexibility index (Phi) is 2.96. The number of carbonyl (C=O) groups excluding carboxylic acids is 1. The van der Waals surface area contributed by atoms with Crippen LogP contribution >= 0.6 is 0 Å². The highest BCUT2D eigenvalue weighted by Gasteiger charge is 2.18. The highest BCUT2D eigenvalue weighted by molar-refractivity contribution is 6.03. The number of nitrogens with zero attached hydrogens (tertiary/aromatic N) is 1. The monoisotopic (exact) mass is 213 g/mol. The molecule has 3 nitrogen and oxygen atoms in total. The summed E-state index contributed by atoms with van der Waals surface area (Å²) < 4.78 is 4.79. The topological polar surface area (TPSA) is 38.7 Å². The van der Waals surface area contributed by atoms with Crippen molar-refractivity contribution in [2.75, 3.05) is 0 Å². The van der Waals surface area contributed by atoms with Crippen LogP contribution in [0, 0.1) is 0 Å². The minimum Gasteiger partial charge on any atom is -0.407 e. The number of carbonyl (C=O) groups is 1. The molecule has 0 saturated heterocycles. The Morgan fingerprint density at radius 1 is 1.25 bits per heavy atom. The fourth-order valence-electron chi connectivity index (χ4n) is 1.34. The van der Waals surface area contributed by atoms with Crippen LogP contribution in [0.3, 0.4) is 0 Å². The quantitative estimate of drug-likeness (QED) is 0.559. The number of ether oxygens (including phenoxy) is 1. The molecule has 0 radical (unpaired) electrons. The molecule has 1 aliphatic heterocycles. The van der Waals surface area contributed by atoms with Crippen molar-refractivity contribution in [2.45, 2.75) is 6.92 Å². The third-order valence-electron chi connectivity index (χ3n) is 2.07. The smallest absolute Gasteiger partial charge is 0.363 e. The van der Waals surface area contributed by atoms with Gasteiger partial charge in [0.15, 0.2) is 11.6 Å². The summed E-state index contributed by atoms with van der Waals surface area (Å²) in [5, 5.41) is 0. The zero-order valence-electron chi connectivity index (χ0n) is 8.88. The average Bonchev–Trinajstić information content (AvgIpc) is 2.59. The molecular weight excluding hydrogens is 202 g/mol. The average molecular weight is 213 g/mol. The van der Waals surface area contributed by atoms with E-state index in [9.17, 15) is 4.79 Å². The van der Waals surface area contributed by atoms with Crippen LogP contribution in [-0.2, 0) is 9.53 Å². The summed E-state index contributed by atoms with van der Waals surface area (Å²) in [6.07, 6.45) is 5.34. The summed E-state index contributed by atoms with van der Waals surface area (Å²) in [5.41, 5.74) is 1.41. The van der Waals surface area contributed by atoms with Gasteiger partial charge in [-0.05, 0) is 11.6 Å². The number of hydrogen-bond acceptors (Lipinski definition) is 3. The number of esters is 1. The molecule has 0 bridgehead atoms. The molecule has 1 aromatic carbocycles. The van der Waals surface area contributed by atoms with E-state index in [-0.39, 0.29) is 0 Å². The van der Waals surface area contributed by atoms with Gasteiger partial charge in [-0.3, -0.25) is 0 Å². The highest BCUT2D eigenvalue weighted by atomic mass is 16.6. The van der Waals surface area contributed by atoms with Crippen LogP contribution in [0.4, 0.5) is 0 Å². The third-order valence-corrected chi connectivity index (χ3v) is 2.07. The molecule has 3 heteroatoms. The van der Waals surface area contributed by atoms with Crippen LogP contribution in [0.2, 0.25) is 0 Å². The van der Waals surface area contributed by atoms with Crippen LogP contribution in [0.1, 0.15) is 12.5 Å². The lowest BCUT2D eigenvalue weighted by atomic mass is 10.2. The SMILES string of the molecule is CC1=N/C(=C/C=C/c2ccccc2)C(=O)O1. The predicted molar refractivity (Wildman–Crippen MR) is 62.8 cm³/mol. The summed E-state index contributed by atoms with van der Waals surface area (Å²) in [5.74, 6) is -0.000396. The molecule has 1 aromatic rings. The number of benzene rings is 1. The van der Waals surface area contributed by atoms with Crippen LogP contribution < -0.4 is 0 Å². The van der Waals surface area contributed by atoms with Gasteiger partial charge in [-0.2, -0.15) is 0 Å². The summed E-state index contributed by atoms with van der Waals surface area (Å²) in [6.45, 7) is 1.65. The fraction of sp³-hybridized carbons (Fsp3) is 0.0769. The molecule has 0 amide bonds. The van der Waals surface area contributed by atoms with Crippen LogP contribution in [0.5, 0.6) is 0 Å². The number of aliphatic imine (C=N–C) groups is 1. The van der Waals surface area contributed by atoms with E-state index in [1.807, 2.05) is 36.4 Å². The summed E-state index contributed by atoms with van der Waals surface area (Å²) in [4.78, 5) is 15.1. The first-order valence-corrected chi connectivity index (χ1v) is 4.96. The number of rotatable bonds is 2. The number of hydrogen-bond donors (Lipinski definition) is 0. The molecule has 0 N–H and O–H groups in total. The van der Waals surface area contributed by atoms with Crippen molar-refractivity contribution in [3.05, 3.63) is 53.7 Å². The first kappa shape index (κ1) is 10.4. The van der Waals surface area contributed by atoms with Gasteiger partial charge in [-0.1, -0.05) is 42.5 Å².